The molecule has 1 unspecified atom stereocenters. The molecule has 1 aromatic carbocycles. The Hall–Kier alpha value is -3.07. The summed E-state index contributed by atoms with van der Waals surface area (Å²) in [5.74, 6) is -3.19. The van der Waals surface area contributed by atoms with Gasteiger partial charge in [0.15, 0.2) is 12.0 Å². The maximum Gasteiger partial charge on any atom is 0.257 e. The first-order valence-electron chi connectivity index (χ1n) is 9.22. The topological polar surface area (TPSA) is 100 Å². The quantitative estimate of drug-likeness (QED) is 0.640. The van der Waals surface area contributed by atoms with Crippen molar-refractivity contribution in [3.8, 4) is 5.75 Å². The van der Waals surface area contributed by atoms with Gasteiger partial charge in [-0.15, -0.1) is 0 Å². The number of amides is 1. The van der Waals surface area contributed by atoms with Gasteiger partial charge in [-0.2, -0.15) is 0 Å². The maximum atomic E-state index is 13.8. The molecule has 0 saturated heterocycles. The lowest BCUT2D eigenvalue weighted by Crippen LogP contribution is -2.34. The van der Waals surface area contributed by atoms with E-state index in [1.807, 2.05) is 13.8 Å². The number of rotatable bonds is 6. The number of halogens is 2. The number of hydrogen-bond donors (Lipinski definition) is 3. The molecule has 2 atom stereocenters. The highest BCUT2D eigenvalue weighted by Gasteiger charge is 2.37. The number of fused-ring (bicyclic) bond motifs is 1. The van der Waals surface area contributed by atoms with Crippen molar-refractivity contribution in [2.24, 2.45) is 0 Å². The minimum absolute atomic E-state index is 0.0434. The van der Waals surface area contributed by atoms with Gasteiger partial charge in [-0.3, -0.25) is 14.4 Å². The molecule has 0 radical (unpaired) electrons. The third-order valence-electron chi connectivity index (χ3n) is 5.05. The van der Waals surface area contributed by atoms with Crippen molar-refractivity contribution in [3.05, 3.63) is 62.6 Å². The van der Waals surface area contributed by atoms with Crippen LogP contribution >= 0.6 is 0 Å². The van der Waals surface area contributed by atoms with E-state index in [0.717, 1.165) is 6.07 Å². The van der Waals surface area contributed by atoms with E-state index in [-0.39, 0.29) is 35.4 Å². The van der Waals surface area contributed by atoms with E-state index in [1.165, 1.54) is 10.6 Å². The SMILES string of the molecule is CCNC1C[C@H](C)n2c(C=O)c(O)c(=O)c(C(=O)NCc3ccc(F)cc3F)c21. The Labute approximate surface area is 165 Å². The van der Waals surface area contributed by atoms with Gasteiger partial charge in [-0.25, -0.2) is 8.78 Å². The second-order valence-electron chi connectivity index (χ2n) is 6.92. The fourth-order valence-electron chi connectivity index (χ4n) is 3.78. The molecule has 1 aliphatic heterocycles. The number of nitrogens with zero attached hydrogens (tertiary/aromatic N) is 1. The van der Waals surface area contributed by atoms with E-state index in [1.54, 1.807) is 0 Å². The third-order valence-corrected chi connectivity index (χ3v) is 5.05. The zero-order chi connectivity index (χ0) is 21.3. The van der Waals surface area contributed by atoms with Crippen molar-refractivity contribution >= 4 is 12.2 Å². The average Bonchev–Trinajstić information content (AvgIpc) is 2.98. The highest BCUT2D eigenvalue weighted by molar-refractivity contribution is 5.97. The lowest BCUT2D eigenvalue weighted by molar-refractivity contribution is 0.0945. The molecule has 2 aromatic rings. The van der Waals surface area contributed by atoms with Crippen molar-refractivity contribution in [1.82, 2.24) is 15.2 Å². The first-order chi connectivity index (χ1) is 13.8. The molecule has 3 rings (SSSR count). The summed E-state index contributed by atoms with van der Waals surface area (Å²) in [5.41, 5.74) is -1.10. The number of hydrogen-bond acceptors (Lipinski definition) is 5. The van der Waals surface area contributed by atoms with Crippen LogP contribution in [0.25, 0.3) is 0 Å². The summed E-state index contributed by atoms with van der Waals surface area (Å²) in [5, 5.41) is 15.8. The van der Waals surface area contributed by atoms with Crippen molar-refractivity contribution in [3.63, 3.8) is 0 Å². The Kier molecular flexibility index (Phi) is 5.78. The van der Waals surface area contributed by atoms with E-state index >= 15 is 0 Å². The Morgan fingerprint density at radius 2 is 2.10 bits per heavy atom. The number of aromatic hydroxyl groups is 1. The van der Waals surface area contributed by atoms with Crippen LogP contribution in [0.1, 0.15) is 64.5 Å². The molecule has 2 heterocycles. The van der Waals surface area contributed by atoms with E-state index in [2.05, 4.69) is 10.6 Å². The highest BCUT2D eigenvalue weighted by atomic mass is 19.1. The van der Waals surface area contributed by atoms with Gasteiger partial charge in [-0.1, -0.05) is 13.0 Å². The van der Waals surface area contributed by atoms with Gasteiger partial charge in [0.1, 0.15) is 22.9 Å². The van der Waals surface area contributed by atoms with Crippen molar-refractivity contribution < 1.29 is 23.5 Å². The second kappa shape index (κ2) is 8.12. The van der Waals surface area contributed by atoms with Crippen LogP contribution in [0.3, 0.4) is 0 Å². The molecule has 29 heavy (non-hydrogen) atoms. The summed E-state index contributed by atoms with van der Waals surface area (Å²) in [4.78, 5) is 37.0. The minimum atomic E-state index is -0.965. The number of benzene rings is 1. The molecule has 3 N–H and O–H groups in total. The van der Waals surface area contributed by atoms with Gasteiger partial charge < -0.3 is 20.3 Å². The predicted molar refractivity (Wildman–Crippen MR) is 101 cm³/mol. The fraction of sp³-hybridized carbons (Fsp3) is 0.350. The van der Waals surface area contributed by atoms with E-state index < -0.39 is 28.7 Å². The first kappa shape index (κ1) is 20.7. The summed E-state index contributed by atoms with van der Waals surface area (Å²) in [6.45, 7) is 3.96. The average molecular weight is 405 g/mol. The number of aromatic nitrogens is 1. The highest BCUT2D eigenvalue weighted by Crippen LogP contribution is 2.38. The molecular weight excluding hydrogens is 384 g/mol. The monoisotopic (exact) mass is 405 g/mol. The van der Waals surface area contributed by atoms with Gasteiger partial charge in [0, 0.05) is 24.2 Å². The minimum Gasteiger partial charge on any atom is -0.503 e. The Morgan fingerprint density at radius 1 is 1.38 bits per heavy atom. The Morgan fingerprint density at radius 3 is 2.72 bits per heavy atom. The molecule has 0 bridgehead atoms. The number of carbonyl (C=O) groups excluding carboxylic acids is 2. The second-order valence-corrected chi connectivity index (χ2v) is 6.92. The standard InChI is InChI=1S/C20H21F2N3O4/c1-3-23-14-6-10(2)25-15(9-26)18(27)19(28)16(17(14)25)20(29)24-8-11-4-5-12(21)7-13(11)22/h4-5,7,9-10,14,23,27H,3,6,8H2,1-2H3,(H,24,29)/t10-,14?/m0/s1. The molecule has 9 heteroatoms. The molecular formula is C20H21F2N3O4. The van der Waals surface area contributed by atoms with Crippen LogP contribution in [-0.4, -0.2) is 28.4 Å². The zero-order valence-corrected chi connectivity index (χ0v) is 16.0. The summed E-state index contributed by atoms with van der Waals surface area (Å²) in [7, 11) is 0. The van der Waals surface area contributed by atoms with Gasteiger partial charge in [0.05, 0.1) is 11.7 Å². The van der Waals surface area contributed by atoms with E-state index in [0.29, 0.717) is 31.0 Å². The summed E-state index contributed by atoms with van der Waals surface area (Å²) in [6, 6.07) is 2.35. The largest absolute Gasteiger partial charge is 0.503 e. The molecule has 0 saturated carbocycles. The number of nitrogens with one attached hydrogen (secondary N) is 2. The molecule has 1 aromatic heterocycles. The number of carbonyl (C=O) groups is 2. The van der Waals surface area contributed by atoms with E-state index in [9.17, 15) is 28.3 Å². The van der Waals surface area contributed by atoms with Crippen LogP contribution in [0.2, 0.25) is 0 Å². The number of pyridine rings is 1. The van der Waals surface area contributed by atoms with E-state index in [4.69, 9.17) is 0 Å². The summed E-state index contributed by atoms with van der Waals surface area (Å²) >= 11 is 0. The van der Waals surface area contributed by atoms with Crippen LogP contribution in [0.4, 0.5) is 8.78 Å². The third kappa shape index (κ3) is 3.65. The Balaban J connectivity index is 2.04. The van der Waals surface area contributed by atoms with Crippen LogP contribution in [0.15, 0.2) is 23.0 Å². The van der Waals surface area contributed by atoms with Gasteiger partial charge in [0.25, 0.3) is 5.91 Å². The van der Waals surface area contributed by atoms with Crippen LogP contribution in [-0.2, 0) is 6.54 Å². The maximum absolute atomic E-state index is 13.8. The summed E-state index contributed by atoms with van der Waals surface area (Å²) in [6.07, 6.45) is 0.908. The smallest absolute Gasteiger partial charge is 0.257 e. The molecule has 7 nitrogen and oxygen atoms in total. The van der Waals surface area contributed by atoms with Gasteiger partial charge in [0.2, 0.25) is 5.43 Å². The lowest BCUT2D eigenvalue weighted by Gasteiger charge is -2.19. The van der Waals surface area contributed by atoms with Gasteiger partial charge in [-0.05, 0) is 26.0 Å². The molecule has 1 amide bonds. The normalized spacial score (nSPS) is 17.8. The fourth-order valence-corrected chi connectivity index (χ4v) is 3.78. The van der Waals surface area contributed by atoms with Crippen LogP contribution in [0, 0.1) is 11.6 Å². The van der Waals surface area contributed by atoms with Crippen LogP contribution < -0.4 is 16.1 Å². The van der Waals surface area contributed by atoms with Crippen molar-refractivity contribution in [2.75, 3.05) is 6.54 Å². The molecule has 1 aliphatic rings. The predicted octanol–water partition coefficient (Wildman–Crippen LogP) is 2.19. The molecule has 0 aliphatic carbocycles. The van der Waals surface area contributed by atoms with Crippen LogP contribution in [0.5, 0.6) is 5.75 Å². The first-order valence-corrected chi connectivity index (χ1v) is 9.22. The molecule has 0 spiro atoms. The Bertz CT molecular complexity index is 1040. The zero-order valence-electron chi connectivity index (χ0n) is 16.0. The van der Waals surface area contributed by atoms with Crippen molar-refractivity contribution in [2.45, 2.75) is 38.9 Å². The molecule has 154 valence electrons. The lowest BCUT2D eigenvalue weighted by atomic mass is 10.0. The number of aldehydes is 1. The molecule has 0 fully saturated rings. The summed E-state index contributed by atoms with van der Waals surface area (Å²) < 4.78 is 28.4. The van der Waals surface area contributed by atoms with Gasteiger partial charge >= 0.3 is 0 Å². The van der Waals surface area contributed by atoms with Crippen molar-refractivity contribution in [1.29, 1.82) is 0 Å².